The lowest BCUT2D eigenvalue weighted by Crippen LogP contribution is -2.50. The molecule has 1 aliphatic rings. The van der Waals surface area contributed by atoms with E-state index in [1.165, 1.54) is 0 Å². The van der Waals surface area contributed by atoms with Crippen LogP contribution in [0.1, 0.15) is 6.42 Å². The van der Waals surface area contributed by atoms with Crippen LogP contribution in [0.5, 0.6) is 0 Å². The minimum atomic E-state index is 0.203. The lowest BCUT2D eigenvalue weighted by atomic mass is 10.2. The molecule has 0 aromatic rings. The van der Waals surface area contributed by atoms with Crippen molar-refractivity contribution >= 4 is 28.5 Å². The minimum absolute atomic E-state index is 0.203. The van der Waals surface area contributed by atoms with Crippen LogP contribution in [0.15, 0.2) is 0 Å². The molecule has 0 atom stereocenters. The number of hydrogen-bond acceptors (Lipinski definition) is 4. The largest absolute Gasteiger partial charge is 0.379 e. The molecule has 5 nitrogen and oxygen atoms in total. The lowest BCUT2D eigenvalue weighted by molar-refractivity contribution is -0.135. The highest BCUT2D eigenvalue weighted by atomic mass is 127. The van der Waals surface area contributed by atoms with Gasteiger partial charge >= 0.3 is 0 Å². The number of nitrogens with one attached hydrogen (secondary N) is 1. The number of alkyl halides is 1. The van der Waals surface area contributed by atoms with Crippen LogP contribution >= 0.6 is 22.6 Å². The maximum Gasteiger partial charge on any atom is 0.224 e. The molecule has 0 aromatic carbocycles. The standard InChI is InChI=1S/C11H21IN2O3/c1-13-3-5-17-7-6-16-4-2-11(15)14-8-10(12)9-14/h10,13H,2-9H2,1H3. The predicted octanol–water partition coefficient (Wildman–Crippen LogP) is 0.275. The third-order valence-electron chi connectivity index (χ3n) is 2.52. The third-order valence-corrected chi connectivity index (χ3v) is 3.31. The van der Waals surface area contributed by atoms with E-state index in [-0.39, 0.29) is 5.91 Å². The summed E-state index contributed by atoms with van der Waals surface area (Å²) in [4.78, 5) is 13.4. The number of likely N-dealkylation sites (N-methyl/N-ethyl adjacent to an activating group) is 1. The first kappa shape index (κ1) is 15.1. The number of carbonyl (C=O) groups excluding carboxylic acids is 1. The molecular formula is C11H21IN2O3. The molecule has 1 saturated heterocycles. The van der Waals surface area contributed by atoms with Crippen LogP contribution in [0.25, 0.3) is 0 Å². The van der Waals surface area contributed by atoms with Gasteiger partial charge in [-0.25, -0.2) is 0 Å². The average Bonchev–Trinajstić information content (AvgIpc) is 2.28. The number of rotatable bonds is 9. The summed E-state index contributed by atoms with van der Waals surface area (Å²) in [6.45, 7) is 4.99. The molecule has 0 spiro atoms. The van der Waals surface area contributed by atoms with Gasteiger partial charge in [-0.15, -0.1) is 0 Å². The molecule has 0 aromatic heterocycles. The van der Waals surface area contributed by atoms with Crippen molar-refractivity contribution in [2.24, 2.45) is 0 Å². The zero-order valence-electron chi connectivity index (χ0n) is 10.3. The number of carbonyl (C=O) groups is 1. The van der Waals surface area contributed by atoms with Gasteiger partial charge in [-0.3, -0.25) is 4.79 Å². The molecule has 0 radical (unpaired) electrons. The number of ether oxygens (including phenoxy) is 2. The van der Waals surface area contributed by atoms with Gasteiger partial charge in [0.1, 0.15) is 0 Å². The lowest BCUT2D eigenvalue weighted by Gasteiger charge is -2.36. The molecule has 1 amide bonds. The molecule has 1 N–H and O–H groups in total. The second-order valence-corrected chi connectivity index (χ2v) is 5.74. The maximum atomic E-state index is 11.5. The first-order valence-corrected chi connectivity index (χ1v) is 7.20. The van der Waals surface area contributed by atoms with Crippen LogP contribution in [0.3, 0.4) is 0 Å². The van der Waals surface area contributed by atoms with Gasteiger partial charge in [0, 0.05) is 23.6 Å². The van der Waals surface area contributed by atoms with Gasteiger partial charge < -0.3 is 19.7 Å². The zero-order chi connectivity index (χ0) is 12.5. The van der Waals surface area contributed by atoms with Gasteiger partial charge in [-0.05, 0) is 7.05 Å². The van der Waals surface area contributed by atoms with E-state index in [2.05, 4.69) is 27.9 Å². The van der Waals surface area contributed by atoms with Crippen LogP contribution in [0.4, 0.5) is 0 Å². The number of amides is 1. The quantitative estimate of drug-likeness (QED) is 0.366. The third kappa shape index (κ3) is 6.54. The fourth-order valence-corrected chi connectivity index (χ4v) is 2.39. The number of halogens is 1. The Balaban J connectivity index is 1.82. The smallest absolute Gasteiger partial charge is 0.224 e. The number of nitrogens with zero attached hydrogens (tertiary/aromatic N) is 1. The van der Waals surface area contributed by atoms with Crippen molar-refractivity contribution in [2.45, 2.75) is 10.3 Å². The maximum absolute atomic E-state index is 11.5. The van der Waals surface area contributed by atoms with Crippen molar-refractivity contribution in [3.05, 3.63) is 0 Å². The molecule has 1 rings (SSSR count). The highest BCUT2D eigenvalue weighted by molar-refractivity contribution is 14.1. The minimum Gasteiger partial charge on any atom is -0.379 e. The van der Waals surface area contributed by atoms with Crippen molar-refractivity contribution in [2.75, 3.05) is 53.1 Å². The van der Waals surface area contributed by atoms with Crippen LogP contribution < -0.4 is 5.32 Å². The number of hydrogen-bond donors (Lipinski definition) is 1. The first-order chi connectivity index (χ1) is 8.24. The highest BCUT2D eigenvalue weighted by Crippen LogP contribution is 2.16. The predicted molar refractivity (Wildman–Crippen MR) is 74.6 cm³/mol. The van der Waals surface area contributed by atoms with Crippen LogP contribution in [0.2, 0.25) is 0 Å². The summed E-state index contributed by atoms with van der Waals surface area (Å²) in [6.07, 6.45) is 0.486. The van der Waals surface area contributed by atoms with E-state index in [0.717, 1.165) is 19.6 Å². The Bertz CT molecular complexity index is 223. The fourth-order valence-electron chi connectivity index (χ4n) is 1.44. The Kier molecular flexibility index (Phi) is 8.08. The van der Waals surface area contributed by atoms with Gasteiger partial charge in [-0.2, -0.15) is 0 Å². The first-order valence-electron chi connectivity index (χ1n) is 5.96. The molecule has 1 fully saturated rings. The summed E-state index contributed by atoms with van der Waals surface area (Å²) in [7, 11) is 1.89. The molecule has 1 heterocycles. The van der Waals surface area contributed by atoms with Gasteiger partial charge in [0.05, 0.1) is 32.8 Å². The van der Waals surface area contributed by atoms with Gasteiger partial charge in [0.2, 0.25) is 5.91 Å². The molecule has 0 unspecified atom stereocenters. The molecule has 1 aliphatic heterocycles. The van der Waals surface area contributed by atoms with Crippen molar-refractivity contribution in [1.82, 2.24) is 10.2 Å². The van der Waals surface area contributed by atoms with E-state index in [1.807, 2.05) is 11.9 Å². The van der Waals surface area contributed by atoms with Crippen molar-refractivity contribution in [1.29, 1.82) is 0 Å². The van der Waals surface area contributed by atoms with Crippen LogP contribution in [0, 0.1) is 0 Å². The van der Waals surface area contributed by atoms with E-state index in [4.69, 9.17) is 9.47 Å². The molecule has 0 saturated carbocycles. The molecule has 17 heavy (non-hydrogen) atoms. The summed E-state index contributed by atoms with van der Waals surface area (Å²) in [5.74, 6) is 0.203. The van der Waals surface area contributed by atoms with Gasteiger partial charge in [-0.1, -0.05) is 22.6 Å². The summed E-state index contributed by atoms with van der Waals surface area (Å²) >= 11 is 2.36. The van der Waals surface area contributed by atoms with Crippen LogP contribution in [-0.2, 0) is 14.3 Å². The van der Waals surface area contributed by atoms with E-state index < -0.39 is 0 Å². The molecule has 0 aliphatic carbocycles. The SMILES string of the molecule is CNCCOCCOCCC(=O)N1CC(I)C1. The monoisotopic (exact) mass is 356 g/mol. The van der Waals surface area contributed by atoms with Crippen molar-refractivity contribution in [3.8, 4) is 0 Å². The van der Waals surface area contributed by atoms with E-state index >= 15 is 0 Å². The molecule has 0 bridgehead atoms. The Morgan fingerprint density at radius 2 is 1.94 bits per heavy atom. The average molecular weight is 356 g/mol. The fraction of sp³-hybridized carbons (Fsp3) is 0.909. The molecular weight excluding hydrogens is 335 g/mol. The summed E-state index contributed by atoms with van der Waals surface area (Å²) in [5.41, 5.74) is 0. The second-order valence-electron chi connectivity index (χ2n) is 3.97. The topological polar surface area (TPSA) is 50.8 Å². The summed E-state index contributed by atoms with van der Waals surface area (Å²) < 4.78 is 11.3. The Morgan fingerprint density at radius 3 is 2.53 bits per heavy atom. The highest BCUT2D eigenvalue weighted by Gasteiger charge is 2.27. The van der Waals surface area contributed by atoms with Gasteiger partial charge in [0.15, 0.2) is 0 Å². The van der Waals surface area contributed by atoms with Crippen LogP contribution in [-0.4, -0.2) is 67.8 Å². The number of likely N-dealkylation sites (tertiary alicyclic amines) is 1. The normalized spacial score (nSPS) is 16.0. The van der Waals surface area contributed by atoms with Crippen molar-refractivity contribution in [3.63, 3.8) is 0 Å². The van der Waals surface area contributed by atoms with E-state index in [0.29, 0.717) is 36.8 Å². The van der Waals surface area contributed by atoms with E-state index in [9.17, 15) is 4.79 Å². The summed E-state index contributed by atoms with van der Waals surface area (Å²) in [5, 5.41) is 3.00. The Hall–Kier alpha value is 0.0800. The van der Waals surface area contributed by atoms with Gasteiger partial charge in [0.25, 0.3) is 0 Å². The molecule has 100 valence electrons. The zero-order valence-corrected chi connectivity index (χ0v) is 12.4. The Labute approximate surface area is 116 Å². The molecule has 6 heteroatoms. The second kappa shape index (κ2) is 9.07. The summed E-state index contributed by atoms with van der Waals surface area (Å²) in [6, 6.07) is 0. The Morgan fingerprint density at radius 1 is 1.29 bits per heavy atom. The van der Waals surface area contributed by atoms with Crippen molar-refractivity contribution < 1.29 is 14.3 Å². The van der Waals surface area contributed by atoms with E-state index in [1.54, 1.807) is 0 Å².